The third-order valence-electron chi connectivity index (χ3n) is 6.84. The first-order chi connectivity index (χ1) is 14.6. The van der Waals surface area contributed by atoms with E-state index < -0.39 is 23.5 Å². The molecule has 31 heavy (non-hydrogen) atoms. The van der Waals surface area contributed by atoms with E-state index in [1.165, 1.54) is 6.20 Å². The van der Waals surface area contributed by atoms with Crippen LogP contribution < -0.4 is 11.1 Å². The lowest BCUT2D eigenvalue weighted by Crippen LogP contribution is -2.58. The topological polar surface area (TPSA) is 117 Å². The summed E-state index contributed by atoms with van der Waals surface area (Å²) in [5.74, 6) is -2.18. The molecule has 8 nitrogen and oxygen atoms in total. The average molecular weight is 438 g/mol. The molecule has 3 aliphatic rings. The summed E-state index contributed by atoms with van der Waals surface area (Å²) < 4.78 is 39.9. The molecule has 4 rings (SSSR count). The molecule has 11 heteroatoms. The summed E-state index contributed by atoms with van der Waals surface area (Å²) >= 11 is 0. The maximum Gasteiger partial charge on any atom is 0.394 e. The van der Waals surface area contributed by atoms with Crippen molar-refractivity contribution in [2.75, 3.05) is 18.4 Å². The Balaban J connectivity index is 1.48. The van der Waals surface area contributed by atoms with E-state index in [1.54, 1.807) is 4.68 Å². The molecule has 2 aliphatic carbocycles. The van der Waals surface area contributed by atoms with Crippen molar-refractivity contribution < 1.29 is 22.8 Å². The molecule has 1 aliphatic heterocycles. The number of amides is 2. The van der Waals surface area contributed by atoms with Crippen LogP contribution >= 0.6 is 0 Å². The van der Waals surface area contributed by atoms with Gasteiger partial charge in [0.05, 0.1) is 23.9 Å². The van der Waals surface area contributed by atoms with Crippen LogP contribution in [0.4, 0.5) is 19.0 Å². The first-order valence-electron chi connectivity index (χ1n) is 10.5. The Morgan fingerprint density at radius 2 is 1.90 bits per heavy atom. The van der Waals surface area contributed by atoms with E-state index in [9.17, 15) is 28.0 Å². The number of alkyl halides is 3. The zero-order valence-electron chi connectivity index (χ0n) is 17.0. The van der Waals surface area contributed by atoms with Crippen molar-refractivity contribution in [3.8, 4) is 6.07 Å². The van der Waals surface area contributed by atoms with Crippen LogP contribution in [0.1, 0.15) is 55.3 Å². The minimum absolute atomic E-state index is 0.0182. The lowest BCUT2D eigenvalue weighted by molar-refractivity contribution is -0.215. The molecule has 0 spiro atoms. The van der Waals surface area contributed by atoms with Gasteiger partial charge in [0.15, 0.2) is 5.82 Å². The van der Waals surface area contributed by atoms with Gasteiger partial charge < -0.3 is 11.1 Å². The van der Waals surface area contributed by atoms with E-state index in [2.05, 4.69) is 16.5 Å². The predicted molar refractivity (Wildman–Crippen MR) is 104 cm³/mol. The first kappa shape index (κ1) is 21.6. The van der Waals surface area contributed by atoms with Crippen LogP contribution in [0.2, 0.25) is 0 Å². The van der Waals surface area contributed by atoms with Gasteiger partial charge >= 0.3 is 6.18 Å². The molecule has 0 atom stereocenters. The number of hydrogen-bond acceptors (Lipinski definition) is 5. The number of aromatic nitrogens is 2. The van der Waals surface area contributed by atoms with Crippen LogP contribution in [-0.2, 0) is 10.3 Å². The number of anilines is 1. The zero-order chi connectivity index (χ0) is 22.4. The Labute approximate surface area is 177 Å². The monoisotopic (exact) mass is 438 g/mol. The van der Waals surface area contributed by atoms with E-state index in [1.807, 2.05) is 4.90 Å². The molecular weight excluding hydrogens is 413 g/mol. The Hall–Kier alpha value is -2.61. The number of rotatable bonds is 6. The summed E-state index contributed by atoms with van der Waals surface area (Å²) in [5.41, 5.74) is 4.87. The van der Waals surface area contributed by atoms with Crippen LogP contribution in [-0.4, -0.2) is 51.8 Å². The van der Waals surface area contributed by atoms with E-state index in [4.69, 9.17) is 5.73 Å². The predicted octanol–water partition coefficient (Wildman–Crippen LogP) is 2.38. The number of nitrogens with two attached hydrogens (primary N) is 1. The number of carbonyl (C=O) groups is 2. The fourth-order valence-electron chi connectivity index (χ4n) is 4.61. The van der Waals surface area contributed by atoms with Gasteiger partial charge in [-0.05, 0) is 38.5 Å². The summed E-state index contributed by atoms with van der Waals surface area (Å²) in [6, 6.07) is 2.21. The number of carbonyl (C=O) groups excluding carboxylic acids is 2. The molecule has 0 bridgehead atoms. The quantitative estimate of drug-likeness (QED) is 0.707. The van der Waals surface area contributed by atoms with E-state index in [0.29, 0.717) is 25.7 Å². The summed E-state index contributed by atoms with van der Waals surface area (Å²) in [5, 5.41) is 16.5. The second kappa shape index (κ2) is 7.82. The maximum absolute atomic E-state index is 12.8. The standard InChI is InChI=1S/C20H25F3N6O2/c21-20(22,23)13-9-28(10-13)14-3-5-19(6-4-14,7-8-24)29-11-15(16(25)30)17(27-29)26-18(31)12-1-2-12/h11-14H,1-7,9-10H2,(H2,25,30)(H,26,27,31)/t14-,19+. The van der Waals surface area contributed by atoms with Crippen LogP contribution in [0.15, 0.2) is 6.20 Å². The molecule has 3 fully saturated rings. The number of likely N-dealkylation sites (tertiary alicyclic amines) is 1. The van der Waals surface area contributed by atoms with Crippen molar-refractivity contribution >= 4 is 17.6 Å². The van der Waals surface area contributed by atoms with Crippen LogP contribution in [0, 0.1) is 23.2 Å². The van der Waals surface area contributed by atoms with Gasteiger partial charge in [-0.15, -0.1) is 0 Å². The smallest absolute Gasteiger partial charge is 0.365 e. The van der Waals surface area contributed by atoms with E-state index in [-0.39, 0.29) is 48.8 Å². The highest BCUT2D eigenvalue weighted by Crippen LogP contribution is 2.43. The fourth-order valence-corrected chi connectivity index (χ4v) is 4.61. The molecule has 3 N–H and O–H groups in total. The molecule has 0 aromatic carbocycles. The lowest BCUT2D eigenvalue weighted by Gasteiger charge is -2.49. The number of nitrogens with one attached hydrogen (secondary N) is 1. The van der Waals surface area contributed by atoms with Crippen LogP contribution in [0.25, 0.3) is 0 Å². The number of nitriles is 1. The summed E-state index contributed by atoms with van der Waals surface area (Å²) in [6.07, 6.45) is 1.38. The van der Waals surface area contributed by atoms with Crippen molar-refractivity contribution in [1.82, 2.24) is 14.7 Å². The second-order valence-electron chi connectivity index (χ2n) is 8.95. The Morgan fingerprint density at radius 1 is 1.26 bits per heavy atom. The van der Waals surface area contributed by atoms with Gasteiger partial charge in [0.1, 0.15) is 5.56 Å². The SMILES string of the molecule is N#CC[C@]1(n2cc(C(N)=O)c(NC(=O)C3CC3)n2)CC[C@@H](N2CC(C(F)(F)F)C2)CC1. The van der Waals surface area contributed by atoms with E-state index in [0.717, 1.165) is 12.8 Å². The van der Waals surface area contributed by atoms with Gasteiger partial charge in [0, 0.05) is 31.2 Å². The number of primary amides is 1. The summed E-state index contributed by atoms with van der Waals surface area (Å²) in [6.45, 7) is 0.0364. The Bertz CT molecular complexity index is 903. The fraction of sp³-hybridized carbons (Fsp3) is 0.700. The van der Waals surface area contributed by atoms with Gasteiger partial charge in [-0.25, -0.2) is 0 Å². The van der Waals surface area contributed by atoms with Crippen molar-refractivity contribution in [2.45, 2.75) is 62.7 Å². The highest BCUT2D eigenvalue weighted by atomic mass is 19.4. The van der Waals surface area contributed by atoms with Gasteiger partial charge in [0.2, 0.25) is 5.91 Å². The maximum atomic E-state index is 12.8. The van der Waals surface area contributed by atoms with Crippen LogP contribution in [0.5, 0.6) is 0 Å². The van der Waals surface area contributed by atoms with E-state index >= 15 is 0 Å². The second-order valence-corrected chi connectivity index (χ2v) is 8.95. The molecule has 1 saturated heterocycles. The minimum Gasteiger partial charge on any atom is -0.365 e. The summed E-state index contributed by atoms with van der Waals surface area (Å²) in [7, 11) is 0. The molecule has 1 aromatic heterocycles. The number of hydrogen-bond donors (Lipinski definition) is 2. The number of halogens is 3. The lowest BCUT2D eigenvalue weighted by atomic mass is 9.76. The third kappa shape index (κ3) is 4.26. The summed E-state index contributed by atoms with van der Waals surface area (Å²) in [4.78, 5) is 25.9. The normalized spacial score (nSPS) is 27.4. The molecule has 168 valence electrons. The largest absolute Gasteiger partial charge is 0.394 e. The molecule has 2 amide bonds. The first-order valence-corrected chi connectivity index (χ1v) is 10.5. The van der Waals surface area contributed by atoms with Crippen molar-refractivity contribution in [1.29, 1.82) is 5.26 Å². The van der Waals surface area contributed by atoms with Crippen molar-refractivity contribution in [3.05, 3.63) is 11.8 Å². The molecule has 0 unspecified atom stereocenters. The highest BCUT2D eigenvalue weighted by molar-refractivity contribution is 6.02. The van der Waals surface area contributed by atoms with Gasteiger partial charge in [-0.1, -0.05) is 0 Å². The van der Waals surface area contributed by atoms with Gasteiger partial charge in [0.25, 0.3) is 5.91 Å². The van der Waals surface area contributed by atoms with Crippen molar-refractivity contribution in [2.24, 2.45) is 17.6 Å². The van der Waals surface area contributed by atoms with Crippen molar-refractivity contribution in [3.63, 3.8) is 0 Å². The molecular formula is C20H25F3N6O2. The average Bonchev–Trinajstić information content (AvgIpc) is 3.41. The molecule has 2 saturated carbocycles. The Morgan fingerprint density at radius 3 is 2.42 bits per heavy atom. The minimum atomic E-state index is -4.16. The van der Waals surface area contributed by atoms with Gasteiger partial charge in [-0.2, -0.15) is 23.5 Å². The molecule has 2 heterocycles. The highest BCUT2D eigenvalue weighted by Gasteiger charge is 2.50. The zero-order valence-corrected chi connectivity index (χ0v) is 17.0. The molecule has 0 radical (unpaired) electrons. The van der Waals surface area contributed by atoms with Crippen LogP contribution in [0.3, 0.4) is 0 Å². The van der Waals surface area contributed by atoms with Gasteiger partial charge in [-0.3, -0.25) is 19.2 Å². The number of nitrogens with zero attached hydrogens (tertiary/aromatic N) is 4. The Kier molecular flexibility index (Phi) is 5.45. The third-order valence-corrected chi connectivity index (χ3v) is 6.84. The molecule has 1 aromatic rings.